The second-order valence-corrected chi connectivity index (χ2v) is 6.36. The van der Waals surface area contributed by atoms with Gasteiger partial charge in [0.05, 0.1) is 6.54 Å². The van der Waals surface area contributed by atoms with E-state index in [0.29, 0.717) is 5.92 Å². The highest BCUT2D eigenvalue weighted by molar-refractivity contribution is 5.86. The smallest absolute Gasteiger partial charge is 0.237 e. The van der Waals surface area contributed by atoms with E-state index in [0.717, 1.165) is 31.8 Å². The molecule has 1 saturated heterocycles. The lowest BCUT2D eigenvalue weighted by Gasteiger charge is -2.32. The summed E-state index contributed by atoms with van der Waals surface area (Å²) in [6.45, 7) is 1.79. The van der Waals surface area contributed by atoms with Gasteiger partial charge in [0.25, 0.3) is 0 Å². The highest BCUT2D eigenvalue weighted by atomic mass is 16.2. The number of hydrogen-bond acceptors (Lipinski definition) is 3. The normalized spacial score (nSPS) is 36.6. The molecule has 0 spiro atoms. The highest BCUT2D eigenvalue weighted by Gasteiger charge is 2.45. The van der Waals surface area contributed by atoms with Gasteiger partial charge in [-0.1, -0.05) is 6.42 Å². The van der Waals surface area contributed by atoms with Crippen LogP contribution >= 0.6 is 0 Å². The third-order valence-corrected chi connectivity index (χ3v) is 5.14. The van der Waals surface area contributed by atoms with Crippen LogP contribution in [0.25, 0.3) is 0 Å². The van der Waals surface area contributed by atoms with Crippen LogP contribution in [0.1, 0.15) is 32.1 Å². The minimum Gasteiger partial charge on any atom is -0.368 e. The molecule has 2 saturated carbocycles. The summed E-state index contributed by atoms with van der Waals surface area (Å²) >= 11 is 0. The minimum absolute atomic E-state index is 0.0824. The second-order valence-electron chi connectivity index (χ2n) is 6.36. The van der Waals surface area contributed by atoms with Gasteiger partial charge in [-0.15, -0.1) is 0 Å². The van der Waals surface area contributed by atoms with E-state index in [-0.39, 0.29) is 24.4 Å². The summed E-state index contributed by atoms with van der Waals surface area (Å²) in [5, 5.41) is 3.26. The Morgan fingerprint density at radius 2 is 2.05 bits per heavy atom. The first-order valence-corrected chi connectivity index (χ1v) is 7.44. The topological polar surface area (TPSA) is 75.4 Å². The fourth-order valence-corrected chi connectivity index (χ4v) is 4.22. The van der Waals surface area contributed by atoms with Crippen molar-refractivity contribution in [3.05, 3.63) is 0 Å². The van der Waals surface area contributed by atoms with Crippen LogP contribution in [-0.2, 0) is 9.59 Å². The Morgan fingerprint density at radius 3 is 2.58 bits per heavy atom. The summed E-state index contributed by atoms with van der Waals surface area (Å²) in [7, 11) is 0. The maximum absolute atomic E-state index is 12.7. The Bertz CT molecular complexity index is 379. The monoisotopic (exact) mass is 265 g/mol. The molecule has 2 amide bonds. The fourth-order valence-electron chi connectivity index (χ4n) is 4.22. The first-order chi connectivity index (χ1) is 9.15. The minimum atomic E-state index is -0.400. The van der Waals surface area contributed by atoms with Gasteiger partial charge in [-0.2, -0.15) is 0 Å². The van der Waals surface area contributed by atoms with E-state index in [1.165, 1.54) is 19.3 Å². The lowest BCUT2D eigenvalue weighted by atomic mass is 9.87. The van der Waals surface area contributed by atoms with Crippen LogP contribution < -0.4 is 11.1 Å². The number of hydrogen-bond donors (Lipinski definition) is 2. The van der Waals surface area contributed by atoms with E-state index in [1.807, 2.05) is 0 Å². The molecule has 1 aliphatic heterocycles. The van der Waals surface area contributed by atoms with Crippen molar-refractivity contribution in [2.24, 2.45) is 23.5 Å². The molecule has 5 heteroatoms. The van der Waals surface area contributed by atoms with Crippen LogP contribution in [0.15, 0.2) is 0 Å². The summed E-state index contributed by atoms with van der Waals surface area (Å²) < 4.78 is 0. The van der Waals surface area contributed by atoms with Crippen LogP contribution in [0.3, 0.4) is 0 Å². The highest BCUT2D eigenvalue weighted by Crippen LogP contribution is 2.49. The van der Waals surface area contributed by atoms with Crippen molar-refractivity contribution in [2.75, 3.05) is 19.6 Å². The predicted molar refractivity (Wildman–Crippen MR) is 71.1 cm³/mol. The van der Waals surface area contributed by atoms with Gasteiger partial charge >= 0.3 is 0 Å². The summed E-state index contributed by atoms with van der Waals surface area (Å²) in [4.78, 5) is 25.8. The molecule has 3 fully saturated rings. The molecule has 3 aliphatic rings. The quantitative estimate of drug-likeness (QED) is 0.757. The average molecular weight is 265 g/mol. The molecule has 5 nitrogen and oxygen atoms in total. The van der Waals surface area contributed by atoms with E-state index in [4.69, 9.17) is 5.73 Å². The summed E-state index contributed by atoms with van der Waals surface area (Å²) in [5.41, 5.74) is 5.32. The number of fused-ring (bicyclic) bond motifs is 2. The summed E-state index contributed by atoms with van der Waals surface area (Å²) in [6.07, 6.45) is 5.64. The zero-order valence-corrected chi connectivity index (χ0v) is 11.3. The molecule has 0 aromatic carbocycles. The molecule has 2 bridgehead atoms. The molecule has 3 N–H and O–H groups in total. The number of primary amides is 1. The molecule has 4 unspecified atom stereocenters. The fraction of sp³-hybridized carbons (Fsp3) is 0.857. The van der Waals surface area contributed by atoms with Gasteiger partial charge in [-0.05, 0) is 44.1 Å². The van der Waals surface area contributed by atoms with Crippen molar-refractivity contribution in [2.45, 2.75) is 38.1 Å². The second kappa shape index (κ2) is 5.12. The van der Waals surface area contributed by atoms with Crippen molar-refractivity contribution in [1.82, 2.24) is 10.2 Å². The van der Waals surface area contributed by atoms with E-state index < -0.39 is 5.91 Å². The van der Waals surface area contributed by atoms with Crippen molar-refractivity contribution >= 4 is 11.8 Å². The largest absolute Gasteiger partial charge is 0.368 e. The number of nitrogens with one attached hydrogen (secondary N) is 1. The summed E-state index contributed by atoms with van der Waals surface area (Å²) in [6, 6.07) is 0.152. The third-order valence-electron chi connectivity index (χ3n) is 5.14. The lowest BCUT2D eigenvalue weighted by Crippen LogP contribution is -2.49. The van der Waals surface area contributed by atoms with Crippen LogP contribution in [0.4, 0.5) is 0 Å². The van der Waals surface area contributed by atoms with Crippen LogP contribution in [0.2, 0.25) is 0 Å². The van der Waals surface area contributed by atoms with Crippen molar-refractivity contribution < 1.29 is 9.59 Å². The molecule has 0 radical (unpaired) electrons. The van der Waals surface area contributed by atoms with Gasteiger partial charge in [0.15, 0.2) is 0 Å². The lowest BCUT2D eigenvalue weighted by molar-refractivity contribution is -0.142. The molecular formula is C14H23N3O2. The van der Waals surface area contributed by atoms with Gasteiger partial charge in [-0.3, -0.25) is 9.59 Å². The summed E-state index contributed by atoms with van der Waals surface area (Å²) in [5.74, 6) is 1.24. The maximum Gasteiger partial charge on any atom is 0.237 e. The number of carbonyl (C=O) groups excluding carboxylic acids is 2. The Kier molecular flexibility index (Phi) is 3.48. The molecule has 2 aliphatic carbocycles. The molecule has 3 rings (SSSR count). The van der Waals surface area contributed by atoms with E-state index in [9.17, 15) is 9.59 Å². The van der Waals surface area contributed by atoms with Crippen molar-refractivity contribution in [3.63, 3.8) is 0 Å². The molecule has 1 heterocycles. The molecule has 0 aromatic heterocycles. The van der Waals surface area contributed by atoms with E-state index in [2.05, 4.69) is 5.32 Å². The van der Waals surface area contributed by atoms with E-state index >= 15 is 0 Å². The number of nitrogens with two attached hydrogens (primary N) is 1. The number of rotatable bonds is 4. The Hall–Kier alpha value is -1.10. The predicted octanol–water partition coefficient (Wildman–Crippen LogP) is 0.0984. The Balaban J connectivity index is 1.71. The SMILES string of the molecule is NC(=O)CN(C(=O)C1CC2CCC1C2)C1CCNC1. The van der Waals surface area contributed by atoms with Crippen molar-refractivity contribution in [1.29, 1.82) is 0 Å². The molecule has 106 valence electrons. The molecular weight excluding hydrogens is 242 g/mol. The first-order valence-electron chi connectivity index (χ1n) is 7.44. The number of carbonyl (C=O) groups is 2. The van der Waals surface area contributed by atoms with Gasteiger partial charge in [0, 0.05) is 18.5 Å². The standard InChI is InChI=1S/C14H23N3O2/c15-13(18)8-17(11-3-4-16-7-11)14(19)12-6-9-1-2-10(12)5-9/h9-12,16H,1-8H2,(H2,15,18). The van der Waals surface area contributed by atoms with Crippen LogP contribution in [0.5, 0.6) is 0 Å². The molecule has 0 aromatic rings. The zero-order chi connectivity index (χ0) is 13.4. The maximum atomic E-state index is 12.7. The van der Waals surface area contributed by atoms with Crippen LogP contribution in [0, 0.1) is 17.8 Å². The number of amides is 2. The van der Waals surface area contributed by atoms with Crippen LogP contribution in [-0.4, -0.2) is 42.4 Å². The Morgan fingerprint density at radius 1 is 1.21 bits per heavy atom. The average Bonchev–Trinajstić information content (AvgIpc) is 3.10. The van der Waals surface area contributed by atoms with Gasteiger partial charge in [0.2, 0.25) is 11.8 Å². The van der Waals surface area contributed by atoms with Crippen molar-refractivity contribution in [3.8, 4) is 0 Å². The zero-order valence-electron chi connectivity index (χ0n) is 11.3. The van der Waals surface area contributed by atoms with E-state index in [1.54, 1.807) is 4.90 Å². The Labute approximate surface area is 113 Å². The number of nitrogens with zero attached hydrogens (tertiary/aromatic N) is 1. The van der Waals surface area contributed by atoms with Gasteiger partial charge in [-0.25, -0.2) is 0 Å². The van der Waals surface area contributed by atoms with Gasteiger partial charge < -0.3 is 16.0 Å². The van der Waals surface area contributed by atoms with Gasteiger partial charge in [0.1, 0.15) is 0 Å². The first kappa shape index (κ1) is 12.9. The molecule has 4 atom stereocenters. The molecule has 19 heavy (non-hydrogen) atoms. The third kappa shape index (κ3) is 2.48.